The van der Waals surface area contributed by atoms with Crippen LogP contribution in [0.5, 0.6) is 11.5 Å². The maximum absolute atomic E-state index is 12.1. The second kappa shape index (κ2) is 13.0. The Balaban J connectivity index is 2.15. The van der Waals surface area contributed by atoms with Crippen LogP contribution in [0.2, 0.25) is 0 Å². The van der Waals surface area contributed by atoms with Crippen molar-refractivity contribution in [3.63, 3.8) is 0 Å². The van der Waals surface area contributed by atoms with Crippen molar-refractivity contribution in [2.75, 3.05) is 53.1 Å². The lowest BCUT2D eigenvalue weighted by molar-refractivity contribution is -0.137. The third-order valence-electron chi connectivity index (χ3n) is 5.86. The van der Waals surface area contributed by atoms with Crippen molar-refractivity contribution in [3.8, 4) is 11.5 Å². The fraction of sp³-hybridized carbons (Fsp3) is 0.500. The first-order valence-corrected chi connectivity index (χ1v) is 12.4. The largest absolute Gasteiger partial charge is 0.496 e. The maximum atomic E-state index is 12.1. The van der Waals surface area contributed by atoms with E-state index in [1.54, 1.807) is 28.4 Å². The third-order valence-corrected chi connectivity index (χ3v) is 7.12. The predicted octanol–water partition coefficient (Wildman–Crippen LogP) is 6.01. The van der Waals surface area contributed by atoms with Crippen LogP contribution in [0.4, 0.5) is 11.4 Å². The van der Waals surface area contributed by atoms with E-state index in [2.05, 4.69) is 17.9 Å². The van der Waals surface area contributed by atoms with Crippen LogP contribution in [0.15, 0.2) is 34.1 Å². The van der Waals surface area contributed by atoms with Crippen LogP contribution >= 0.6 is 11.8 Å². The molecular formula is C26H35NO6S. The van der Waals surface area contributed by atoms with Crippen LogP contribution in [0.1, 0.15) is 54.8 Å². The second-order valence-corrected chi connectivity index (χ2v) is 8.94. The Bertz CT molecular complexity index is 967. The van der Waals surface area contributed by atoms with E-state index in [1.165, 1.54) is 24.6 Å². The molecular weight excluding hydrogens is 454 g/mol. The van der Waals surface area contributed by atoms with Crippen LogP contribution in [0.3, 0.4) is 0 Å². The molecule has 2 aromatic rings. The molecule has 0 bridgehead atoms. The molecule has 0 N–H and O–H groups in total. The molecule has 0 aromatic heterocycles. The van der Waals surface area contributed by atoms with E-state index in [1.807, 2.05) is 18.2 Å². The molecule has 8 heteroatoms. The fourth-order valence-corrected chi connectivity index (χ4v) is 5.48. The molecule has 7 nitrogen and oxygen atoms in total. The number of carbonyl (C=O) groups excluding carboxylic acids is 1. The van der Waals surface area contributed by atoms with E-state index in [-0.39, 0.29) is 0 Å². The summed E-state index contributed by atoms with van der Waals surface area (Å²) < 4.78 is 28.1. The number of anilines is 2. The van der Waals surface area contributed by atoms with Crippen molar-refractivity contribution in [2.24, 2.45) is 0 Å². The number of aldehydes is 1. The standard InChI is InChI=1S/C26H35NO6S/c1-6-7-8-9-14-27-19-10-12-21(30-3)18(17-28)24(19)34-25-20(27)11-13-22(31-4)23(25)26(32-5)33-16-15-29-2/h10-13,17,26H,6-9,14-16H2,1-5H3. The Labute approximate surface area is 206 Å². The smallest absolute Gasteiger partial charge is 0.188 e. The lowest BCUT2D eigenvalue weighted by Crippen LogP contribution is -2.24. The first-order valence-electron chi connectivity index (χ1n) is 11.6. The number of hydrogen-bond donors (Lipinski definition) is 0. The van der Waals surface area contributed by atoms with Crippen LogP contribution in [0, 0.1) is 0 Å². The minimum Gasteiger partial charge on any atom is -0.496 e. The van der Waals surface area contributed by atoms with Crippen molar-refractivity contribution in [3.05, 3.63) is 35.4 Å². The summed E-state index contributed by atoms with van der Waals surface area (Å²) in [6.45, 7) is 3.86. The van der Waals surface area contributed by atoms with Gasteiger partial charge >= 0.3 is 0 Å². The average molecular weight is 490 g/mol. The second-order valence-electron chi connectivity index (χ2n) is 7.92. The van der Waals surface area contributed by atoms with Crippen molar-refractivity contribution in [1.82, 2.24) is 0 Å². The third kappa shape index (κ3) is 5.51. The van der Waals surface area contributed by atoms with Crippen LogP contribution < -0.4 is 14.4 Å². The fourth-order valence-electron chi connectivity index (χ4n) is 4.15. The number of nitrogens with zero attached hydrogens (tertiary/aromatic N) is 1. The highest BCUT2D eigenvalue weighted by Crippen LogP contribution is 2.55. The summed E-state index contributed by atoms with van der Waals surface area (Å²) in [5, 5.41) is 0. The molecule has 0 fully saturated rings. The molecule has 186 valence electrons. The van der Waals surface area contributed by atoms with Gasteiger partial charge in [0.05, 0.1) is 54.8 Å². The summed E-state index contributed by atoms with van der Waals surface area (Å²) in [5.41, 5.74) is 3.39. The molecule has 0 aliphatic carbocycles. The molecule has 1 heterocycles. The molecule has 0 saturated carbocycles. The number of carbonyl (C=O) groups is 1. The molecule has 1 aliphatic heterocycles. The van der Waals surface area contributed by atoms with Gasteiger partial charge in [-0.15, -0.1) is 0 Å². The van der Waals surface area contributed by atoms with E-state index in [0.717, 1.165) is 52.4 Å². The van der Waals surface area contributed by atoms with Crippen LogP contribution in [-0.4, -0.2) is 54.5 Å². The molecule has 1 unspecified atom stereocenters. The van der Waals surface area contributed by atoms with Gasteiger partial charge in [-0.05, 0) is 30.7 Å². The zero-order valence-corrected chi connectivity index (χ0v) is 21.5. The van der Waals surface area contributed by atoms with Gasteiger partial charge < -0.3 is 28.6 Å². The quantitative estimate of drug-likeness (QED) is 0.182. The normalized spacial score (nSPS) is 13.3. The molecule has 0 radical (unpaired) electrons. The topological polar surface area (TPSA) is 66.5 Å². The molecule has 34 heavy (non-hydrogen) atoms. The molecule has 1 aliphatic rings. The van der Waals surface area contributed by atoms with Gasteiger partial charge in [0.15, 0.2) is 12.6 Å². The Kier molecular flexibility index (Phi) is 10.1. The van der Waals surface area contributed by atoms with E-state index >= 15 is 0 Å². The molecule has 0 amide bonds. The summed E-state index contributed by atoms with van der Waals surface area (Å²) in [6, 6.07) is 7.92. The number of ether oxygens (including phenoxy) is 5. The predicted molar refractivity (Wildman–Crippen MR) is 134 cm³/mol. The average Bonchev–Trinajstić information content (AvgIpc) is 2.87. The molecule has 0 saturated heterocycles. The Hall–Kier alpha value is -2.26. The molecule has 1 atom stereocenters. The lowest BCUT2D eigenvalue weighted by Gasteiger charge is -2.36. The minimum atomic E-state index is -0.652. The molecule has 2 aromatic carbocycles. The molecule has 0 spiro atoms. The van der Waals surface area contributed by atoms with Gasteiger partial charge in [0.1, 0.15) is 11.5 Å². The first-order chi connectivity index (χ1) is 16.6. The van der Waals surface area contributed by atoms with Crippen LogP contribution in [-0.2, 0) is 14.2 Å². The number of unbranched alkanes of at least 4 members (excludes halogenated alkanes) is 3. The van der Waals surface area contributed by atoms with Gasteiger partial charge in [-0.2, -0.15) is 0 Å². The van der Waals surface area contributed by atoms with Gasteiger partial charge in [-0.25, -0.2) is 0 Å². The summed E-state index contributed by atoms with van der Waals surface area (Å²) in [4.78, 5) is 16.2. The number of benzene rings is 2. The highest BCUT2D eigenvalue weighted by atomic mass is 32.2. The van der Waals surface area contributed by atoms with Gasteiger partial charge in [0.25, 0.3) is 0 Å². The van der Waals surface area contributed by atoms with Gasteiger partial charge in [0, 0.05) is 25.7 Å². The zero-order valence-electron chi connectivity index (χ0n) is 20.7. The van der Waals surface area contributed by atoms with E-state index in [4.69, 9.17) is 23.7 Å². The van der Waals surface area contributed by atoms with Crippen molar-refractivity contribution in [1.29, 1.82) is 0 Å². The number of methoxy groups -OCH3 is 4. The monoisotopic (exact) mass is 489 g/mol. The van der Waals surface area contributed by atoms with Crippen molar-refractivity contribution < 1.29 is 28.5 Å². The minimum absolute atomic E-state index is 0.372. The number of rotatable bonds is 14. The van der Waals surface area contributed by atoms with Gasteiger partial charge in [0.2, 0.25) is 0 Å². The summed E-state index contributed by atoms with van der Waals surface area (Å²) >= 11 is 1.53. The van der Waals surface area contributed by atoms with E-state index < -0.39 is 6.29 Å². The highest BCUT2D eigenvalue weighted by molar-refractivity contribution is 8.00. The number of hydrogen-bond acceptors (Lipinski definition) is 8. The summed E-state index contributed by atoms with van der Waals surface area (Å²) in [5.74, 6) is 1.22. The highest BCUT2D eigenvalue weighted by Gasteiger charge is 2.33. The Morgan fingerprint density at radius 2 is 1.62 bits per heavy atom. The summed E-state index contributed by atoms with van der Waals surface area (Å²) in [6.07, 6.45) is 4.77. The number of fused-ring (bicyclic) bond motifs is 2. The van der Waals surface area contributed by atoms with Crippen LogP contribution in [0.25, 0.3) is 0 Å². The van der Waals surface area contributed by atoms with Gasteiger partial charge in [-0.3, -0.25) is 4.79 Å². The van der Waals surface area contributed by atoms with E-state index in [0.29, 0.717) is 30.3 Å². The van der Waals surface area contributed by atoms with Crippen molar-refractivity contribution >= 4 is 29.4 Å². The first kappa shape index (κ1) is 26.3. The SMILES string of the molecule is CCCCCCN1c2ccc(OC)c(C=O)c2Sc2c1ccc(OC)c2C(OC)OCCOC. The summed E-state index contributed by atoms with van der Waals surface area (Å²) in [7, 11) is 6.46. The Morgan fingerprint density at radius 1 is 0.912 bits per heavy atom. The lowest BCUT2D eigenvalue weighted by atomic mass is 10.1. The van der Waals surface area contributed by atoms with Gasteiger partial charge in [-0.1, -0.05) is 37.9 Å². The zero-order chi connectivity index (χ0) is 24.5. The maximum Gasteiger partial charge on any atom is 0.188 e. The molecule has 3 rings (SSSR count). The van der Waals surface area contributed by atoms with E-state index in [9.17, 15) is 4.79 Å². The Morgan fingerprint density at radius 3 is 2.24 bits per heavy atom. The van der Waals surface area contributed by atoms with Crippen molar-refractivity contribution in [2.45, 2.75) is 48.7 Å².